The summed E-state index contributed by atoms with van der Waals surface area (Å²) in [6.45, 7) is 2.70. The highest BCUT2D eigenvalue weighted by atomic mass is 19.4. The van der Waals surface area contributed by atoms with E-state index in [0.717, 1.165) is 0 Å². The van der Waals surface area contributed by atoms with Gasteiger partial charge in [-0.25, -0.2) is 0 Å². The molecule has 0 aliphatic carbocycles. The van der Waals surface area contributed by atoms with E-state index in [1.165, 1.54) is 4.90 Å². The molecule has 0 unspecified atom stereocenters. The van der Waals surface area contributed by atoms with E-state index in [-0.39, 0.29) is 6.54 Å². The van der Waals surface area contributed by atoms with Crippen LogP contribution < -0.4 is 4.90 Å². The number of anilines is 1. The highest BCUT2D eigenvalue weighted by Crippen LogP contribution is 2.30. The zero-order chi connectivity index (χ0) is 13.8. The van der Waals surface area contributed by atoms with Crippen molar-refractivity contribution < 1.29 is 18.3 Å². The minimum atomic E-state index is -4.25. The minimum absolute atomic E-state index is 0.243. The molecule has 0 bridgehead atoms. The maximum Gasteiger partial charge on any atom is 0.405 e. The van der Waals surface area contributed by atoms with Crippen LogP contribution >= 0.6 is 0 Å². The van der Waals surface area contributed by atoms with Crippen molar-refractivity contribution in [2.24, 2.45) is 0 Å². The van der Waals surface area contributed by atoms with Crippen molar-refractivity contribution in [2.45, 2.75) is 32.5 Å². The Bertz CT molecular complexity index is 379. The lowest BCUT2D eigenvalue weighted by Gasteiger charge is -2.28. The van der Waals surface area contributed by atoms with Crippen LogP contribution in [0.15, 0.2) is 24.3 Å². The number of rotatable bonds is 5. The molecular weight excluding hydrogens is 243 g/mol. The lowest BCUT2D eigenvalue weighted by Crippen LogP contribution is -2.34. The van der Waals surface area contributed by atoms with Crippen molar-refractivity contribution in [2.75, 3.05) is 18.0 Å². The van der Waals surface area contributed by atoms with Gasteiger partial charge in [-0.2, -0.15) is 13.2 Å². The molecule has 1 rings (SSSR count). The van der Waals surface area contributed by atoms with E-state index in [4.69, 9.17) is 0 Å². The van der Waals surface area contributed by atoms with Crippen LogP contribution in [0.25, 0.3) is 0 Å². The number of halogens is 3. The van der Waals surface area contributed by atoms with Gasteiger partial charge in [-0.15, -0.1) is 0 Å². The molecule has 0 fully saturated rings. The second-order valence-corrected chi connectivity index (χ2v) is 4.11. The summed E-state index contributed by atoms with van der Waals surface area (Å²) >= 11 is 0. The molecule has 0 aliphatic heterocycles. The van der Waals surface area contributed by atoms with Gasteiger partial charge in [0.1, 0.15) is 6.54 Å². The second kappa shape index (κ2) is 6.09. The van der Waals surface area contributed by atoms with Gasteiger partial charge in [0, 0.05) is 17.8 Å². The summed E-state index contributed by atoms with van der Waals surface area (Å²) < 4.78 is 37.5. The molecule has 1 N–H and O–H groups in total. The van der Waals surface area contributed by atoms with Crippen molar-refractivity contribution in [1.29, 1.82) is 0 Å². The average molecular weight is 261 g/mol. The van der Waals surface area contributed by atoms with Crippen molar-refractivity contribution in [3.05, 3.63) is 29.8 Å². The van der Waals surface area contributed by atoms with Gasteiger partial charge >= 0.3 is 6.18 Å². The molecule has 0 saturated carbocycles. The number of alkyl halides is 3. The number of aliphatic hydroxyl groups excluding tert-OH is 1. The Kier molecular flexibility index (Phi) is 5.02. The molecule has 0 heterocycles. The smallest absolute Gasteiger partial charge is 0.388 e. The standard InChI is InChI=1S/C13H18F3NO/c1-3-12(18)10-7-5-6-8-11(10)17(4-2)9-13(14,15)16/h5-8,12,18H,3-4,9H2,1-2H3/t12-/m1/s1. The normalized spacial score (nSPS) is 13.4. The highest BCUT2D eigenvalue weighted by Gasteiger charge is 2.31. The Labute approximate surface area is 105 Å². The number of hydrogen-bond donors (Lipinski definition) is 1. The molecule has 1 aromatic carbocycles. The lowest BCUT2D eigenvalue weighted by molar-refractivity contribution is -0.119. The lowest BCUT2D eigenvalue weighted by atomic mass is 10.0. The average Bonchev–Trinajstić information content (AvgIpc) is 2.34. The maximum atomic E-state index is 12.5. The van der Waals surface area contributed by atoms with E-state index in [1.807, 2.05) is 0 Å². The SMILES string of the molecule is CC[C@@H](O)c1ccccc1N(CC)CC(F)(F)F. The first-order chi connectivity index (χ1) is 8.39. The molecule has 0 radical (unpaired) electrons. The summed E-state index contributed by atoms with van der Waals surface area (Å²) in [5.41, 5.74) is 0.998. The topological polar surface area (TPSA) is 23.5 Å². The van der Waals surface area contributed by atoms with Crippen LogP contribution in [0.4, 0.5) is 18.9 Å². The third kappa shape index (κ3) is 3.91. The van der Waals surface area contributed by atoms with E-state index >= 15 is 0 Å². The van der Waals surface area contributed by atoms with Gasteiger partial charge in [-0.1, -0.05) is 25.1 Å². The van der Waals surface area contributed by atoms with Gasteiger partial charge in [0.05, 0.1) is 6.10 Å². The zero-order valence-corrected chi connectivity index (χ0v) is 10.5. The zero-order valence-electron chi connectivity index (χ0n) is 10.5. The molecule has 1 atom stereocenters. The molecule has 18 heavy (non-hydrogen) atoms. The number of benzene rings is 1. The summed E-state index contributed by atoms with van der Waals surface area (Å²) in [5.74, 6) is 0. The first-order valence-corrected chi connectivity index (χ1v) is 5.97. The van der Waals surface area contributed by atoms with Gasteiger partial charge in [0.15, 0.2) is 0 Å². The van der Waals surface area contributed by atoms with Crippen LogP contribution in [-0.2, 0) is 0 Å². The van der Waals surface area contributed by atoms with Crippen LogP contribution in [0.1, 0.15) is 31.9 Å². The van der Waals surface area contributed by atoms with Crippen molar-refractivity contribution in [3.8, 4) is 0 Å². The van der Waals surface area contributed by atoms with Gasteiger partial charge in [-0.05, 0) is 19.4 Å². The van der Waals surface area contributed by atoms with Crippen LogP contribution in [0.2, 0.25) is 0 Å². The van der Waals surface area contributed by atoms with E-state index in [1.54, 1.807) is 38.1 Å². The fourth-order valence-corrected chi connectivity index (χ4v) is 1.86. The third-order valence-corrected chi connectivity index (χ3v) is 2.78. The van der Waals surface area contributed by atoms with Gasteiger partial charge in [0.2, 0.25) is 0 Å². The molecule has 102 valence electrons. The summed E-state index contributed by atoms with van der Waals surface area (Å²) in [4.78, 5) is 1.23. The number of para-hydroxylation sites is 1. The van der Waals surface area contributed by atoms with Crippen LogP contribution in [0.3, 0.4) is 0 Å². The van der Waals surface area contributed by atoms with Crippen LogP contribution in [0.5, 0.6) is 0 Å². The molecule has 1 aromatic rings. The number of aliphatic hydroxyl groups is 1. The molecule has 0 spiro atoms. The summed E-state index contributed by atoms with van der Waals surface area (Å²) in [5, 5.41) is 9.84. The van der Waals surface area contributed by atoms with Crippen LogP contribution in [0, 0.1) is 0 Å². The molecule has 0 amide bonds. The summed E-state index contributed by atoms with van der Waals surface area (Å²) in [7, 11) is 0. The van der Waals surface area contributed by atoms with E-state index < -0.39 is 18.8 Å². The monoisotopic (exact) mass is 261 g/mol. The summed E-state index contributed by atoms with van der Waals surface area (Å²) in [6, 6.07) is 6.69. The first kappa shape index (κ1) is 14.8. The predicted octanol–water partition coefficient (Wildman–Crippen LogP) is 3.52. The van der Waals surface area contributed by atoms with Crippen molar-refractivity contribution in [1.82, 2.24) is 0 Å². The van der Waals surface area contributed by atoms with E-state index in [9.17, 15) is 18.3 Å². The number of hydrogen-bond acceptors (Lipinski definition) is 2. The molecule has 0 aliphatic rings. The fraction of sp³-hybridized carbons (Fsp3) is 0.538. The van der Waals surface area contributed by atoms with Crippen molar-refractivity contribution in [3.63, 3.8) is 0 Å². The van der Waals surface area contributed by atoms with E-state index in [0.29, 0.717) is 17.7 Å². The molecule has 5 heteroatoms. The van der Waals surface area contributed by atoms with Crippen molar-refractivity contribution >= 4 is 5.69 Å². The molecule has 0 aromatic heterocycles. The van der Waals surface area contributed by atoms with Gasteiger partial charge in [0.25, 0.3) is 0 Å². The maximum absolute atomic E-state index is 12.5. The molecular formula is C13H18F3NO. The largest absolute Gasteiger partial charge is 0.405 e. The highest BCUT2D eigenvalue weighted by molar-refractivity contribution is 5.54. The first-order valence-electron chi connectivity index (χ1n) is 5.97. The Balaban J connectivity index is 3.05. The van der Waals surface area contributed by atoms with E-state index in [2.05, 4.69) is 0 Å². The van der Waals surface area contributed by atoms with Crippen LogP contribution in [-0.4, -0.2) is 24.4 Å². The van der Waals surface area contributed by atoms with Gasteiger partial charge in [-0.3, -0.25) is 0 Å². The minimum Gasteiger partial charge on any atom is -0.388 e. The molecule has 0 saturated heterocycles. The molecule has 2 nitrogen and oxygen atoms in total. The Hall–Kier alpha value is -1.23. The summed E-state index contributed by atoms with van der Waals surface area (Å²) in [6.07, 6.45) is -4.51. The van der Waals surface area contributed by atoms with Gasteiger partial charge < -0.3 is 10.0 Å². The Morgan fingerprint density at radius 1 is 1.22 bits per heavy atom. The third-order valence-electron chi connectivity index (χ3n) is 2.78. The Morgan fingerprint density at radius 2 is 1.83 bits per heavy atom. The predicted molar refractivity (Wildman–Crippen MR) is 65.6 cm³/mol. The fourth-order valence-electron chi connectivity index (χ4n) is 1.86. The Morgan fingerprint density at radius 3 is 2.33 bits per heavy atom. The quantitative estimate of drug-likeness (QED) is 0.876. The number of nitrogens with zero attached hydrogens (tertiary/aromatic N) is 1. The second-order valence-electron chi connectivity index (χ2n) is 4.11.